The van der Waals surface area contributed by atoms with Gasteiger partial charge in [0.2, 0.25) is 0 Å². The molecule has 0 saturated carbocycles. The van der Waals surface area contributed by atoms with Gasteiger partial charge in [0.15, 0.2) is 0 Å². The molecule has 0 aliphatic carbocycles. The van der Waals surface area contributed by atoms with E-state index >= 15 is 0 Å². The van der Waals surface area contributed by atoms with E-state index in [2.05, 4.69) is 51.1 Å². The summed E-state index contributed by atoms with van der Waals surface area (Å²) in [5, 5.41) is 8.35. The molecule has 0 bridgehead atoms. The smallest absolute Gasteiger partial charge is 0.0852 e. The first kappa shape index (κ1) is 16.2. The van der Waals surface area contributed by atoms with Gasteiger partial charge in [-0.05, 0) is 24.2 Å². The zero-order valence-electron chi connectivity index (χ0n) is 13.4. The number of hydrogen-bond donors (Lipinski definition) is 0. The molecule has 0 radical (unpaired) electrons. The molecule has 3 heteroatoms. The van der Waals surface area contributed by atoms with Crippen molar-refractivity contribution in [3.63, 3.8) is 0 Å². The van der Waals surface area contributed by atoms with E-state index in [0.717, 1.165) is 12.2 Å². The second-order valence-corrected chi connectivity index (χ2v) is 7.14. The Morgan fingerprint density at radius 1 is 1.05 bits per heavy atom. The van der Waals surface area contributed by atoms with Crippen LogP contribution in [0.1, 0.15) is 84.8 Å². The third-order valence-electron chi connectivity index (χ3n) is 3.46. The second-order valence-electron chi connectivity index (χ2n) is 7.14. The number of nitrogens with zero attached hydrogens (tertiary/aromatic N) is 3. The van der Waals surface area contributed by atoms with E-state index in [1.54, 1.807) is 0 Å². The Morgan fingerprint density at radius 2 is 1.68 bits per heavy atom. The van der Waals surface area contributed by atoms with Crippen LogP contribution in [-0.2, 0) is 6.54 Å². The number of aryl methyl sites for hydroxylation is 1. The molecular weight excluding hydrogens is 234 g/mol. The minimum atomic E-state index is 0.478. The Kier molecular flexibility index (Phi) is 6.53. The fourth-order valence-electron chi connectivity index (χ4n) is 2.15. The molecule has 0 unspecified atom stereocenters. The lowest BCUT2D eigenvalue weighted by atomic mass is 9.89. The highest BCUT2D eigenvalue weighted by molar-refractivity contribution is 4.97. The fourth-order valence-corrected chi connectivity index (χ4v) is 2.15. The van der Waals surface area contributed by atoms with Gasteiger partial charge >= 0.3 is 0 Å². The quantitative estimate of drug-likeness (QED) is 0.633. The highest BCUT2D eigenvalue weighted by atomic mass is 15.4. The van der Waals surface area contributed by atoms with Crippen LogP contribution in [0.5, 0.6) is 0 Å². The lowest BCUT2D eigenvalue weighted by molar-refractivity contribution is 0.356. The van der Waals surface area contributed by atoms with E-state index in [1.165, 1.54) is 38.5 Å². The molecule has 3 nitrogen and oxygen atoms in total. The Morgan fingerprint density at radius 3 is 2.26 bits per heavy atom. The topological polar surface area (TPSA) is 30.7 Å². The van der Waals surface area contributed by atoms with Crippen LogP contribution in [0, 0.1) is 5.41 Å². The monoisotopic (exact) mass is 265 g/mol. The zero-order chi connectivity index (χ0) is 14.3. The second kappa shape index (κ2) is 7.66. The van der Waals surface area contributed by atoms with Gasteiger partial charge in [-0.3, -0.25) is 4.68 Å². The molecule has 1 rings (SSSR count). The molecule has 0 aliphatic heterocycles. The van der Waals surface area contributed by atoms with Crippen molar-refractivity contribution < 1.29 is 0 Å². The maximum atomic E-state index is 4.18. The van der Waals surface area contributed by atoms with Crippen molar-refractivity contribution in [2.75, 3.05) is 0 Å². The largest absolute Gasteiger partial charge is 0.252 e. The zero-order valence-corrected chi connectivity index (χ0v) is 13.4. The average molecular weight is 265 g/mol. The van der Waals surface area contributed by atoms with Crippen molar-refractivity contribution in [1.29, 1.82) is 0 Å². The third-order valence-corrected chi connectivity index (χ3v) is 3.46. The summed E-state index contributed by atoms with van der Waals surface area (Å²) >= 11 is 0. The highest BCUT2D eigenvalue weighted by Gasteiger charge is 2.08. The molecule has 0 N–H and O–H groups in total. The van der Waals surface area contributed by atoms with E-state index in [9.17, 15) is 0 Å². The summed E-state index contributed by atoms with van der Waals surface area (Å²) in [4.78, 5) is 0. The van der Waals surface area contributed by atoms with Crippen LogP contribution in [0.2, 0.25) is 0 Å². The Labute approximate surface area is 118 Å². The number of aromatic nitrogens is 3. The molecule has 0 spiro atoms. The van der Waals surface area contributed by atoms with Gasteiger partial charge in [-0.15, -0.1) is 5.10 Å². The van der Waals surface area contributed by atoms with Gasteiger partial charge < -0.3 is 0 Å². The number of unbranched alkanes of at least 4 members (excludes halogenated alkanes) is 4. The first-order valence-corrected chi connectivity index (χ1v) is 7.78. The van der Waals surface area contributed by atoms with Crippen molar-refractivity contribution >= 4 is 0 Å². The maximum Gasteiger partial charge on any atom is 0.0852 e. The minimum absolute atomic E-state index is 0.478. The fraction of sp³-hybridized carbons (Fsp3) is 0.875. The molecule has 0 fully saturated rings. The summed E-state index contributed by atoms with van der Waals surface area (Å²) in [6, 6.07) is 0. The molecule has 1 aromatic heterocycles. The first-order valence-electron chi connectivity index (χ1n) is 7.78. The van der Waals surface area contributed by atoms with Crippen LogP contribution >= 0.6 is 0 Å². The van der Waals surface area contributed by atoms with E-state index in [4.69, 9.17) is 0 Å². The van der Waals surface area contributed by atoms with Crippen LogP contribution in [0.3, 0.4) is 0 Å². The Balaban J connectivity index is 2.04. The summed E-state index contributed by atoms with van der Waals surface area (Å²) in [5.41, 5.74) is 1.60. The van der Waals surface area contributed by atoms with Gasteiger partial charge in [0, 0.05) is 12.7 Å². The highest BCUT2D eigenvalue weighted by Crippen LogP contribution is 2.22. The van der Waals surface area contributed by atoms with Gasteiger partial charge in [0.05, 0.1) is 5.69 Å². The van der Waals surface area contributed by atoms with E-state index in [1.807, 2.05) is 4.68 Å². The SMILES string of the molecule is CC(C)c1cn(CCCCCCCC(C)(C)C)nn1. The summed E-state index contributed by atoms with van der Waals surface area (Å²) in [7, 11) is 0. The van der Waals surface area contributed by atoms with Crippen molar-refractivity contribution in [2.45, 2.75) is 85.6 Å². The first-order chi connectivity index (χ1) is 8.88. The van der Waals surface area contributed by atoms with E-state index in [-0.39, 0.29) is 0 Å². The Hall–Kier alpha value is -0.860. The van der Waals surface area contributed by atoms with Crippen LogP contribution in [0.25, 0.3) is 0 Å². The van der Waals surface area contributed by atoms with Gasteiger partial charge in [-0.25, -0.2) is 0 Å². The average Bonchev–Trinajstić information content (AvgIpc) is 2.75. The van der Waals surface area contributed by atoms with Crippen molar-refractivity contribution in [3.05, 3.63) is 11.9 Å². The summed E-state index contributed by atoms with van der Waals surface area (Å²) < 4.78 is 1.99. The molecule has 1 aromatic rings. The summed E-state index contributed by atoms with van der Waals surface area (Å²) in [5.74, 6) is 0.478. The van der Waals surface area contributed by atoms with Crippen LogP contribution < -0.4 is 0 Å². The van der Waals surface area contributed by atoms with Gasteiger partial charge in [0.25, 0.3) is 0 Å². The van der Waals surface area contributed by atoms with Crippen LogP contribution in [0.15, 0.2) is 6.20 Å². The Bertz CT molecular complexity index is 347. The maximum absolute atomic E-state index is 4.18. The lowest BCUT2D eigenvalue weighted by Crippen LogP contribution is -2.04. The predicted octanol–water partition coefficient (Wildman–Crippen LogP) is 4.79. The van der Waals surface area contributed by atoms with Crippen molar-refractivity contribution in [1.82, 2.24) is 15.0 Å². The molecule has 0 aliphatic rings. The molecule has 1 heterocycles. The minimum Gasteiger partial charge on any atom is -0.252 e. The summed E-state index contributed by atoms with van der Waals surface area (Å²) in [6.45, 7) is 12.3. The molecule has 19 heavy (non-hydrogen) atoms. The molecule has 0 atom stereocenters. The predicted molar refractivity (Wildman–Crippen MR) is 81.3 cm³/mol. The molecule has 110 valence electrons. The number of rotatable bonds is 8. The molecule has 0 saturated heterocycles. The lowest BCUT2D eigenvalue weighted by Gasteiger charge is -2.17. The molecule has 0 amide bonds. The van der Waals surface area contributed by atoms with Gasteiger partial charge in [0.1, 0.15) is 0 Å². The molecular formula is C16H31N3. The van der Waals surface area contributed by atoms with Gasteiger partial charge in [-0.1, -0.05) is 65.5 Å². The molecule has 0 aromatic carbocycles. The summed E-state index contributed by atoms with van der Waals surface area (Å²) in [6.07, 6.45) is 10.0. The van der Waals surface area contributed by atoms with Crippen molar-refractivity contribution in [3.8, 4) is 0 Å². The third kappa shape index (κ3) is 7.34. The normalized spacial score (nSPS) is 12.3. The van der Waals surface area contributed by atoms with Gasteiger partial charge in [-0.2, -0.15) is 0 Å². The van der Waals surface area contributed by atoms with Crippen LogP contribution in [-0.4, -0.2) is 15.0 Å². The van der Waals surface area contributed by atoms with E-state index < -0.39 is 0 Å². The number of hydrogen-bond acceptors (Lipinski definition) is 2. The standard InChI is InChI=1S/C16H31N3/c1-14(2)15-13-19(18-17-15)12-10-8-6-7-9-11-16(3,4)5/h13-14H,6-12H2,1-5H3. The van der Waals surface area contributed by atoms with E-state index in [0.29, 0.717) is 11.3 Å². The van der Waals surface area contributed by atoms with Crippen LogP contribution in [0.4, 0.5) is 0 Å². The van der Waals surface area contributed by atoms with Crippen molar-refractivity contribution in [2.24, 2.45) is 5.41 Å².